The monoisotopic (exact) mass is 506 g/mol. The van der Waals surface area contributed by atoms with Crippen molar-refractivity contribution in [3.63, 3.8) is 0 Å². The Balaban J connectivity index is 1.67. The molecule has 1 N–H and O–H groups in total. The average molecular weight is 507 g/mol. The fourth-order valence-electron chi connectivity index (χ4n) is 3.98. The van der Waals surface area contributed by atoms with Crippen molar-refractivity contribution in [2.75, 3.05) is 11.9 Å². The second-order valence-electron chi connectivity index (χ2n) is 8.80. The largest absolute Gasteiger partial charge is 0.369 e. The molecule has 1 fully saturated rings. The number of thioether (sulfide) groups is 1. The summed E-state index contributed by atoms with van der Waals surface area (Å²) in [5, 5.41) is 3.35. The Hall–Kier alpha value is -2.97. The summed E-state index contributed by atoms with van der Waals surface area (Å²) in [4.78, 5) is 33.5. The van der Waals surface area contributed by atoms with Gasteiger partial charge >= 0.3 is 0 Å². The summed E-state index contributed by atoms with van der Waals surface area (Å²) < 4.78 is 2.02. The van der Waals surface area contributed by atoms with Crippen LogP contribution in [0.5, 0.6) is 0 Å². The highest BCUT2D eigenvalue weighted by Crippen LogP contribution is 2.34. The number of pyridine rings is 1. The highest BCUT2D eigenvalue weighted by Gasteiger charge is 2.32. The van der Waals surface area contributed by atoms with E-state index in [0.29, 0.717) is 39.3 Å². The van der Waals surface area contributed by atoms with Gasteiger partial charge in [-0.2, -0.15) is 0 Å². The van der Waals surface area contributed by atoms with Crippen LogP contribution in [-0.2, 0) is 11.3 Å². The molecule has 4 rings (SSSR count). The van der Waals surface area contributed by atoms with Gasteiger partial charge in [-0.3, -0.25) is 18.9 Å². The molecule has 0 aliphatic carbocycles. The Labute approximate surface area is 215 Å². The van der Waals surface area contributed by atoms with Crippen LogP contribution in [0, 0.1) is 13.8 Å². The van der Waals surface area contributed by atoms with E-state index in [2.05, 4.69) is 12.2 Å². The third-order valence-electron chi connectivity index (χ3n) is 6.02. The maximum atomic E-state index is 13.5. The van der Waals surface area contributed by atoms with Crippen LogP contribution < -0.4 is 10.9 Å². The molecule has 3 heterocycles. The lowest BCUT2D eigenvalue weighted by atomic mass is 10.1. The minimum absolute atomic E-state index is 0.191. The zero-order valence-corrected chi connectivity index (χ0v) is 22.0. The number of aryl methyl sites for hydroxylation is 2. The van der Waals surface area contributed by atoms with Gasteiger partial charge in [0.1, 0.15) is 15.8 Å². The van der Waals surface area contributed by atoms with Gasteiger partial charge in [-0.15, -0.1) is 0 Å². The van der Waals surface area contributed by atoms with Crippen LogP contribution in [0.2, 0.25) is 0 Å². The first-order valence-electron chi connectivity index (χ1n) is 12.0. The number of rotatable bonds is 9. The van der Waals surface area contributed by atoms with E-state index < -0.39 is 0 Å². The number of carbonyl (C=O) groups excluding carboxylic acids is 1. The van der Waals surface area contributed by atoms with E-state index in [1.54, 1.807) is 17.2 Å². The topological polar surface area (TPSA) is 66.7 Å². The first-order chi connectivity index (χ1) is 16.9. The Kier molecular flexibility index (Phi) is 8.03. The molecule has 0 spiro atoms. The molecule has 0 unspecified atom stereocenters. The first kappa shape index (κ1) is 25.1. The molecule has 1 amide bonds. The van der Waals surface area contributed by atoms with Gasteiger partial charge in [0.25, 0.3) is 11.5 Å². The number of hydrogen-bond donors (Lipinski definition) is 1. The van der Waals surface area contributed by atoms with E-state index in [1.165, 1.54) is 22.6 Å². The van der Waals surface area contributed by atoms with Crippen LogP contribution in [0.25, 0.3) is 11.7 Å². The molecule has 8 heteroatoms. The van der Waals surface area contributed by atoms with Crippen molar-refractivity contribution < 1.29 is 4.79 Å². The summed E-state index contributed by atoms with van der Waals surface area (Å²) in [6, 6.07) is 11.8. The molecule has 3 aromatic rings. The van der Waals surface area contributed by atoms with Crippen molar-refractivity contribution in [1.82, 2.24) is 14.3 Å². The summed E-state index contributed by atoms with van der Waals surface area (Å²) in [7, 11) is 0. The lowest BCUT2D eigenvalue weighted by Gasteiger charge is -2.14. The maximum absolute atomic E-state index is 13.5. The van der Waals surface area contributed by atoms with Crippen molar-refractivity contribution in [1.29, 1.82) is 0 Å². The predicted molar refractivity (Wildman–Crippen MR) is 149 cm³/mol. The quantitative estimate of drug-likeness (QED) is 0.228. The Bertz CT molecular complexity index is 1350. The van der Waals surface area contributed by atoms with Crippen molar-refractivity contribution in [2.45, 2.75) is 53.0 Å². The fraction of sp³-hybridized carbons (Fsp3) is 0.333. The maximum Gasteiger partial charge on any atom is 0.267 e. The van der Waals surface area contributed by atoms with Gasteiger partial charge in [0.2, 0.25) is 0 Å². The SMILES string of the molecule is CCCCCCNc1nc2c(C)cccn2c(=O)c1C=C1SC(=S)N(Cc2ccc(C)cc2)C1=O. The predicted octanol–water partition coefficient (Wildman–Crippen LogP) is 5.70. The van der Waals surface area contributed by atoms with Gasteiger partial charge in [-0.25, -0.2) is 4.98 Å². The zero-order valence-electron chi connectivity index (χ0n) is 20.3. The summed E-state index contributed by atoms with van der Waals surface area (Å²) in [5.41, 5.74) is 3.85. The number of benzene rings is 1. The molecule has 1 saturated heterocycles. The van der Waals surface area contributed by atoms with E-state index in [9.17, 15) is 9.59 Å². The number of fused-ring (bicyclic) bond motifs is 1. The summed E-state index contributed by atoms with van der Waals surface area (Å²) in [5.74, 6) is 0.313. The Morgan fingerprint density at radius 1 is 1.09 bits per heavy atom. The minimum Gasteiger partial charge on any atom is -0.369 e. The first-order valence-corrected chi connectivity index (χ1v) is 13.2. The standard InChI is InChI=1S/C27H30N4O2S2/c1-4-5-6-7-14-28-23-21(25(32)30-15-8-9-19(3)24(30)29-23)16-22-26(33)31(27(34)35-22)17-20-12-10-18(2)11-13-20/h8-13,15-16,28H,4-7,14,17H2,1-3H3. The van der Waals surface area contributed by atoms with Crippen molar-refractivity contribution >= 4 is 51.7 Å². The third-order valence-corrected chi connectivity index (χ3v) is 7.40. The lowest BCUT2D eigenvalue weighted by Crippen LogP contribution is -2.27. The second-order valence-corrected chi connectivity index (χ2v) is 10.5. The number of hydrogen-bond acceptors (Lipinski definition) is 6. The highest BCUT2D eigenvalue weighted by atomic mass is 32.2. The zero-order chi connectivity index (χ0) is 24.9. The van der Waals surface area contributed by atoms with Gasteiger partial charge < -0.3 is 5.32 Å². The van der Waals surface area contributed by atoms with E-state index in [1.807, 2.05) is 50.2 Å². The molecular formula is C27H30N4O2S2. The molecule has 2 aromatic heterocycles. The molecule has 1 aliphatic rings. The molecule has 0 atom stereocenters. The molecule has 1 aromatic carbocycles. The van der Waals surface area contributed by atoms with E-state index in [4.69, 9.17) is 17.2 Å². The number of carbonyl (C=O) groups is 1. The van der Waals surface area contributed by atoms with Crippen LogP contribution in [0.15, 0.2) is 52.3 Å². The molecule has 6 nitrogen and oxygen atoms in total. The minimum atomic E-state index is -0.210. The van der Waals surface area contributed by atoms with Gasteiger partial charge in [-0.05, 0) is 43.5 Å². The number of amides is 1. The van der Waals surface area contributed by atoms with E-state index >= 15 is 0 Å². The van der Waals surface area contributed by atoms with Crippen LogP contribution in [0.4, 0.5) is 5.82 Å². The molecule has 182 valence electrons. The number of aromatic nitrogens is 2. The summed E-state index contributed by atoms with van der Waals surface area (Å²) in [6.07, 6.45) is 7.79. The van der Waals surface area contributed by atoms with E-state index in [0.717, 1.165) is 36.0 Å². The van der Waals surface area contributed by atoms with Crippen LogP contribution in [0.3, 0.4) is 0 Å². The van der Waals surface area contributed by atoms with Crippen LogP contribution in [0.1, 0.15) is 54.9 Å². The summed E-state index contributed by atoms with van der Waals surface area (Å²) >= 11 is 6.74. The average Bonchev–Trinajstić information content (AvgIpc) is 3.10. The van der Waals surface area contributed by atoms with Gasteiger partial charge in [0, 0.05) is 12.7 Å². The lowest BCUT2D eigenvalue weighted by molar-refractivity contribution is -0.122. The molecular weight excluding hydrogens is 476 g/mol. The van der Waals surface area contributed by atoms with E-state index in [-0.39, 0.29) is 11.5 Å². The van der Waals surface area contributed by atoms with Gasteiger partial charge in [0.15, 0.2) is 0 Å². The molecule has 35 heavy (non-hydrogen) atoms. The number of thiocarbonyl (C=S) groups is 1. The smallest absolute Gasteiger partial charge is 0.267 e. The van der Waals surface area contributed by atoms with Gasteiger partial charge in [0.05, 0.1) is 17.0 Å². The molecule has 0 bridgehead atoms. The summed E-state index contributed by atoms with van der Waals surface area (Å²) in [6.45, 7) is 7.25. The number of anilines is 1. The fourth-order valence-corrected chi connectivity index (χ4v) is 5.22. The van der Waals surface area contributed by atoms with Crippen LogP contribution in [-0.4, -0.2) is 31.1 Å². The van der Waals surface area contributed by atoms with Crippen molar-refractivity contribution in [2.24, 2.45) is 0 Å². The van der Waals surface area contributed by atoms with Crippen molar-refractivity contribution in [3.05, 3.63) is 80.1 Å². The number of nitrogens with zero attached hydrogens (tertiary/aromatic N) is 3. The second kappa shape index (κ2) is 11.2. The molecule has 1 aliphatic heterocycles. The Morgan fingerprint density at radius 2 is 1.86 bits per heavy atom. The molecule has 0 saturated carbocycles. The third kappa shape index (κ3) is 5.65. The molecule has 0 radical (unpaired) electrons. The normalized spacial score (nSPS) is 14.9. The number of nitrogens with one attached hydrogen (secondary N) is 1. The van der Waals surface area contributed by atoms with Crippen molar-refractivity contribution in [3.8, 4) is 0 Å². The Morgan fingerprint density at radius 3 is 2.60 bits per heavy atom. The highest BCUT2D eigenvalue weighted by molar-refractivity contribution is 8.26. The van der Waals surface area contributed by atoms with Crippen LogP contribution >= 0.6 is 24.0 Å². The van der Waals surface area contributed by atoms with Gasteiger partial charge in [-0.1, -0.05) is 86.1 Å². The number of unbranched alkanes of at least 4 members (excludes halogenated alkanes) is 3.